The van der Waals surface area contributed by atoms with E-state index in [4.69, 9.17) is 5.73 Å². The van der Waals surface area contributed by atoms with Gasteiger partial charge in [0, 0.05) is 36.3 Å². The number of rotatable bonds is 4. The highest BCUT2D eigenvalue weighted by atomic mass is 32.2. The summed E-state index contributed by atoms with van der Waals surface area (Å²) in [5.41, 5.74) is 6.21. The first-order valence-corrected chi connectivity index (χ1v) is 11.5. The van der Waals surface area contributed by atoms with E-state index in [1.165, 1.54) is 24.5 Å². The van der Waals surface area contributed by atoms with Crippen molar-refractivity contribution in [3.63, 3.8) is 0 Å². The molecule has 4 heterocycles. The van der Waals surface area contributed by atoms with Crippen molar-refractivity contribution in [2.45, 2.75) is 24.2 Å². The minimum atomic E-state index is -4.58. The molecule has 0 spiro atoms. The summed E-state index contributed by atoms with van der Waals surface area (Å²) in [5.74, 6) is -0.188. The number of hydrogen-bond donors (Lipinski definition) is 2. The van der Waals surface area contributed by atoms with Crippen LogP contribution in [0.3, 0.4) is 0 Å². The Labute approximate surface area is 191 Å². The van der Waals surface area contributed by atoms with Gasteiger partial charge in [0.1, 0.15) is 16.5 Å². The summed E-state index contributed by atoms with van der Waals surface area (Å²) in [5, 5.41) is 8.10. The zero-order chi connectivity index (χ0) is 24.1. The lowest BCUT2D eigenvalue weighted by molar-refractivity contribution is -0.147. The molecule has 0 bridgehead atoms. The lowest BCUT2D eigenvalue weighted by atomic mass is 10.1. The number of nitrogen functional groups attached to an aromatic ring is 1. The van der Waals surface area contributed by atoms with E-state index < -0.39 is 22.0 Å². The van der Waals surface area contributed by atoms with Gasteiger partial charge in [-0.1, -0.05) is 12.1 Å². The fourth-order valence-corrected chi connectivity index (χ4v) is 4.83. The van der Waals surface area contributed by atoms with Gasteiger partial charge in [0.25, 0.3) is 10.0 Å². The Balaban J connectivity index is 1.36. The second kappa shape index (κ2) is 7.83. The quantitative estimate of drug-likeness (QED) is 0.446. The first-order chi connectivity index (χ1) is 16.1. The molecule has 3 aromatic heterocycles. The number of nitrogens with one attached hydrogen (secondary N) is 1. The summed E-state index contributed by atoms with van der Waals surface area (Å²) in [6.45, 7) is 0.322. The smallest absolute Gasteiger partial charge is 0.383 e. The molecule has 0 fully saturated rings. The summed E-state index contributed by atoms with van der Waals surface area (Å²) in [4.78, 5) is 9.85. The van der Waals surface area contributed by atoms with Gasteiger partial charge in [-0.05, 0) is 24.3 Å². The van der Waals surface area contributed by atoms with E-state index in [0.29, 0.717) is 22.3 Å². The number of hydrogen-bond acceptors (Lipinski definition) is 8. The molecule has 4 aromatic rings. The van der Waals surface area contributed by atoms with Crippen LogP contribution in [0.25, 0.3) is 10.8 Å². The maximum atomic E-state index is 13.0. The molecule has 1 aliphatic heterocycles. The van der Waals surface area contributed by atoms with Gasteiger partial charge in [0.05, 0.1) is 12.2 Å². The van der Waals surface area contributed by atoms with Gasteiger partial charge in [-0.3, -0.25) is 4.72 Å². The maximum Gasteiger partial charge on any atom is 0.451 e. The monoisotopic (exact) mass is 490 g/mol. The number of anilines is 3. The molecule has 34 heavy (non-hydrogen) atoms. The number of fused-ring (bicyclic) bond motifs is 2. The summed E-state index contributed by atoms with van der Waals surface area (Å²) in [7, 11) is -3.97. The molecular weight excluding hydrogens is 473 g/mol. The predicted molar refractivity (Wildman–Crippen MR) is 117 cm³/mol. The average Bonchev–Trinajstić information content (AvgIpc) is 3.24. The van der Waals surface area contributed by atoms with E-state index in [-0.39, 0.29) is 36.2 Å². The largest absolute Gasteiger partial charge is 0.451 e. The molecule has 1 aliphatic rings. The molecule has 0 saturated heterocycles. The fourth-order valence-electron chi connectivity index (χ4n) is 3.80. The normalized spacial score (nSPS) is 14.3. The van der Waals surface area contributed by atoms with Crippen LogP contribution in [0.5, 0.6) is 0 Å². The third-order valence-electron chi connectivity index (χ3n) is 5.44. The molecule has 176 valence electrons. The lowest BCUT2D eigenvalue weighted by Crippen LogP contribution is -2.35. The van der Waals surface area contributed by atoms with Crippen LogP contribution in [0.15, 0.2) is 53.7 Å². The summed E-state index contributed by atoms with van der Waals surface area (Å²) in [6.07, 6.45) is -1.90. The summed E-state index contributed by atoms with van der Waals surface area (Å²) < 4.78 is 68.5. The Morgan fingerprint density at radius 1 is 1.00 bits per heavy atom. The van der Waals surface area contributed by atoms with Crippen LogP contribution in [0.1, 0.15) is 11.6 Å². The van der Waals surface area contributed by atoms with Crippen molar-refractivity contribution in [2.24, 2.45) is 0 Å². The Morgan fingerprint density at radius 2 is 1.82 bits per heavy atom. The van der Waals surface area contributed by atoms with Crippen LogP contribution in [-0.4, -0.2) is 39.7 Å². The number of benzene rings is 1. The van der Waals surface area contributed by atoms with Crippen molar-refractivity contribution in [2.75, 3.05) is 21.9 Å². The highest BCUT2D eigenvalue weighted by Crippen LogP contribution is 2.31. The number of alkyl halides is 3. The molecule has 0 amide bonds. The molecule has 5 rings (SSSR count). The van der Waals surface area contributed by atoms with Crippen molar-refractivity contribution in [1.29, 1.82) is 0 Å². The van der Waals surface area contributed by atoms with Gasteiger partial charge in [0.2, 0.25) is 5.82 Å². The van der Waals surface area contributed by atoms with Crippen LogP contribution in [-0.2, 0) is 29.3 Å². The number of sulfonamides is 1. The van der Waals surface area contributed by atoms with Crippen molar-refractivity contribution in [3.05, 3.63) is 60.4 Å². The summed E-state index contributed by atoms with van der Waals surface area (Å²) in [6, 6.07) is 9.55. The second-order valence-electron chi connectivity index (χ2n) is 7.57. The molecule has 0 radical (unpaired) electrons. The average molecular weight is 490 g/mol. The number of aromatic nitrogens is 5. The lowest BCUT2D eigenvalue weighted by Gasteiger charge is -2.28. The van der Waals surface area contributed by atoms with Gasteiger partial charge in [-0.25, -0.2) is 18.4 Å². The molecule has 0 saturated carbocycles. The Hall–Kier alpha value is -3.94. The second-order valence-corrected chi connectivity index (χ2v) is 9.25. The van der Waals surface area contributed by atoms with E-state index in [1.54, 1.807) is 29.2 Å². The minimum Gasteiger partial charge on any atom is -0.383 e. The first kappa shape index (κ1) is 21.9. The van der Waals surface area contributed by atoms with Crippen LogP contribution in [0.2, 0.25) is 0 Å². The maximum absolute atomic E-state index is 13.0. The SMILES string of the molecule is Nc1nccc2c(NS(=O)(=O)c3ccc(N4CCn5c(nnc5C(F)(F)F)C4)nc3)cccc12. The van der Waals surface area contributed by atoms with Crippen molar-refractivity contribution < 1.29 is 21.6 Å². The third kappa shape index (κ3) is 3.85. The zero-order valence-corrected chi connectivity index (χ0v) is 18.2. The van der Waals surface area contributed by atoms with Gasteiger partial charge in [-0.2, -0.15) is 13.2 Å². The van der Waals surface area contributed by atoms with Crippen LogP contribution in [0.4, 0.5) is 30.5 Å². The molecular formula is C20H17F3N8O2S. The van der Waals surface area contributed by atoms with Crippen molar-refractivity contribution >= 4 is 38.1 Å². The number of pyridine rings is 2. The van der Waals surface area contributed by atoms with Gasteiger partial charge < -0.3 is 15.2 Å². The molecule has 3 N–H and O–H groups in total. The van der Waals surface area contributed by atoms with Crippen LogP contribution in [0, 0.1) is 0 Å². The van der Waals surface area contributed by atoms with E-state index in [2.05, 4.69) is 24.9 Å². The van der Waals surface area contributed by atoms with Crippen LogP contribution < -0.4 is 15.4 Å². The first-order valence-electron chi connectivity index (χ1n) is 10.00. The molecule has 14 heteroatoms. The van der Waals surface area contributed by atoms with Crippen molar-refractivity contribution in [3.8, 4) is 0 Å². The molecule has 0 unspecified atom stereocenters. The topological polar surface area (TPSA) is 132 Å². The molecule has 0 aliphatic carbocycles. The predicted octanol–water partition coefficient (Wildman–Crippen LogP) is 2.64. The van der Waals surface area contributed by atoms with E-state index in [9.17, 15) is 21.6 Å². The van der Waals surface area contributed by atoms with Gasteiger partial charge >= 0.3 is 6.18 Å². The Kier molecular flexibility index (Phi) is 5.04. The molecule has 1 aromatic carbocycles. The minimum absolute atomic E-state index is 0.0273. The highest BCUT2D eigenvalue weighted by Gasteiger charge is 2.39. The van der Waals surface area contributed by atoms with E-state index >= 15 is 0 Å². The fraction of sp³-hybridized carbons (Fsp3) is 0.200. The number of halogens is 3. The standard InChI is InChI=1S/C20H17F3N8O2S/c21-20(22,23)19-28-27-17-11-30(8-9-31(17)19)16-5-4-12(10-26-16)34(32,33)29-15-3-1-2-14-13(15)6-7-25-18(14)24/h1-7,10,29H,8-9,11H2,(H2,24,25). The molecule has 10 nitrogen and oxygen atoms in total. The van der Waals surface area contributed by atoms with E-state index in [0.717, 1.165) is 4.57 Å². The summed E-state index contributed by atoms with van der Waals surface area (Å²) >= 11 is 0. The molecule has 0 atom stereocenters. The van der Waals surface area contributed by atoms with E-state index in [1.807, 2.05) is 0 Å². The van der Waals surface area contributed by atoms with Gasteiger partial charge in [0.15, 0.2) is 5.82 Å². The Bertz CT molecular complexity index is 1490. The Morgan fingerprint density at radius 3 is 2.56 bits per heavy atom. The third-order valence-corrected chi connectivity index (χ3v) is 6.79. The van der Waals surface area contributed by atoms with Gasteiger partial charge in [-0.15, -0.1) is 10.2 Å². The van der Waals surface area contributed by atoms with Crippen molar-refractivity contribution in [1.82, 2.24) is 24.7 Å². The van der Waals surface area contributed by atoms with Crippen LogP contribution >= 0.6 is 0 Å². The highest BCUT2D eigenvalue weighted by molar-refractivity contribution is 7.92. The number of nitrogens with zero attached hydrogens (tertiary/aromatic N) is 6. The number of nitrogens with two attached hydrogens (primary N) is 1. The zero-order valence-electron chi connectivity index (χ0n) is 17.4.